The summed E-state index contributed by atoms with van der Waals surface area (Å²) in [7, 11) is -26.0. The maximum atomic E-state index is 7.17. The van der Waals surface area contributed by atoms with E-state index in [2.05, 4.69) is 0 Å². The second-order valence-corrected chi connectivity index (χ2v) is 4.16. The third kappa shape index (κ3) is 44700. The van der Waals surface area contributed by atoms with Crippen molar-refractivity contribution in [2.45, 2.75) is 0 Å². The smallest absolute Gasteiger partial charge is 1.00 e. The van der Waals surface area contributed by atoms with Gasteiger partial charge in [0.2, 0.25) is 0 Å². The number of hydrogen-bond donors (Lipinski definition) is 36. The second kappa shape index (κ2) is 93.5. The molecule has 0 aromatic rings. The summed E-state index contributed by atoms with van der Waals surface area (Å²) >= 11 is 0. The Hall–Kier alpha value is 1.69. The van der Waals surface area contributed by atoms with Crippen LogP contribution in [0.4, 0.5) is 0 Å². The molecule has 0 heterocycles. The first kappa shape index (κ1) is 99.1. The van der Waals surface area contributed by atoms with Crippen LogP contribution in [0.3, 0.4) is 0 Å². The van der Waals surface area contributed by atoms with Gasteiger partial charge in [0.05, 0.1) is 0 Å². The summed E-state index contributed by atoms with van der Waals surface area (Å²) in [6.45, 7) is 0. The molecule has 0 saturated heterocycles. The molecule has 0 saturated carbocycles. The largest absolute Gasteiger partial charge is 1.00 e. The fourth-order valence-corrected chi connectivity index (χ4v) is 0. The first-order valence-electron chi connectivity index (χ1n) is 9.30. The molecule has 36 nitrogen and oxygen atoms in total. The van der Waals surface area contributed by atoms with Crippen LogP contribution in [0.1, 0.15) is 2.85 Å². The third-order valence-corrected chi connectivity index (χ3v) is 0. The Balaban J connectivity index is -0.0000000176. The van der Waals surface area contributed by atoms with E-state index in [1.54, 1.807) is 0 Å². The zero-order chi connectivity index (χ0) is 42.9. The summed E-state index contributed by atoms with van der Waals surface area (Å²) in [4.78, 5) is 0. The molecular formula is H40B12Na2O36S. The molecule has 0 aromatic carbocycles. The molecule has 0 aliphatic heterocycles. The van der Waals surface area contributed by atoms with Gasteiger partial charge in [-0.15, -0.1) is 0 Å². The van der Waals surface area contributed by atoms with Gasteiger partial charge < -0.3 is 184 Å². The summed E-state index contributed by atoms with van der Waals surface area (Å²) in [5.74, 6) is 0. The molecule has 0 bridgehead atoms. The van der Waals surface area contributed by atoms with Crippen LogP contribution in [0.15, 0.2) is 0 Å². The molecule has 0 aliphatic carbocycles. The molecule has 0 aromatic heterocycles. The molecule has 300 valence electrons. The van der Waals surface area contributed by atoms with Crippen molar-refractivity contribution in [2.75, 3.05) is 0 Å². The van der Waals surface area contributed by atoms with Crippen LogP contribution in [-0.2, 0) is 0 Å². The van der Waals surface area contributed by atoms with Crippen molar-refractivity contribution in [3.05, 3.63) is 0 Å². The van der Waals surface area contributed by atoms with E-state index < -0.39 is 87.9 Å². The van der Waals surface area contributed by atoms with Gasteiger partial charge in [-0.05, 0) is 0 Å². The molecule has 0 spiro atoms. The average molecular weight is 824 g/mol. The molecule has 0 fully saturated rings. The van der Waals surface area contributed by atoms with Crippen LogP contribution in [0, 0.1) is 0 Å². The number of hydrogen-bond acceptors (Lipinski definition) is 36. The van der Waals surface area contributed by atoms with Crippen LogP contribution in [0.25, 0.3) is 0 Å². The van der Waals surface area contributed by atoms with Crippen molar-refractivity contribution in [1.82, 2.24) is 0 Å². The van der Waals surface area contributed by atoms with Crippen molar-refractivity contribution in [1.29, 1.82) is 0 Å². The summed E-state index contributed by atoms with van der Waals surface area (Å²) in [6, 6.07) is 0. The minimum Gasteiger partial charge on any atom is -1.00 e. The van der Waals surface area contributed by atoms with Crippen molar-refractivity contribution < 1.29 is 243 Å². The van der Waals surface area contributed by atoms with Crippen LogP contribution in [0.2, 0.25) is 0 Å². The Bertz CT molecular complexity index is 257. The van der Waals surface area contributed by atoms with Crippen LogP contribution in [-0.4, -0.2) is 269 Å². The van der Waals surface area contributed by atoms with Gasteiger partial charge in [0, 0.05) is 0 Å². The van der Waals surface area contributed by atoms with Gasteiger partial charge >= 0.3 is 147 Å². The van der Waals surface area contributed by atoms with E-state index >= 15 is 0 Å². The second-order valence-electron chi connectivity index (χ2n) is 4.16. The predicted octanol–water partition coefficient (Wildman–Crippen LogP) is -30.3. The monoisotopic (exact) mass is 826 g/mol. The summed E-state index contributed by atoms with van der Waals surface area (Å²) in [5, 5.41) is 258. The Morgan fingerprint density at radius 2 is 0.137 bits per heavy atom. The van der Waals surface area contributed by atoms with E-state index in [0.29, 0.717) is 0 Å². The molecule has 36 N–H and O–H groups in total. The summed E-state index contributed by atoms with van der Waals surface area (Å²) < 4.78 is 0. The van der Waals surface area contributed by atoms with E-state index in [1.807, 2.05) is 0 Å². The maximum absolute atomic E-state index is 7.17. The minimum atomic E-state index is -2.17. The standard InChI is InChI=1S/12BH3O3.2Na.H2S.2H/c12*2-1(3)4;;;;;/h12*2-4H;;;1H2;;/q;;;;;;;;;;;;2*+1;;2*-1. The quantitative estimate of drug-likeness (QED) is 0.101. The average Bonchev–Trinajstić information content (AvgIpc) is 2.61. The third-order valence-electron chi connectivity index (χ3n) is 0. The van der Waals surface area contributed by atoms with Crippen molar-refractivity contribution in [3.63, 3.8) is 0 Å². The Morgan fingerprint density at radius 3 is 0.137 bits per heavy atom. The van der Waals surface area contributed by atoms with E-state index in [-0.39, 0.29) is 75.5 Å². The Labute approximate surface area is 342 Å². The molecule has 0 atom stereocenters. The van der Waals surface area contributed by atoms with Gasteiger partial charge in [0.1, 0.15) is 0 Å². The topological polar surface area (TPSA) is 728 Å². The van der Waals surface area contributed by atoms with Gasteiger partial charge in [-0.2, -0.15) is 13.5 Å². The van der Waals surface area contributed by atoms with E-state index in [4.69, 9.17) is 181 Å². The predicted molar refractivity (Wildman–Crippen MR) is 162 cm³/mol. The fraction of sp³-hybridized carbons (Fsp3) is 0. The summed E-state index contributed by atoms with van der Waals surface area (Å²) in [5.41, 5.74) is 0. The molecule has 0 amide bonds. The molecule has 0 rings (SSSR count). The van der Waals surface area contributed by atoms with E-state index in [1.165, 1.54) is 0 Å². The van der Waals surface area contributed by atoms with Gasteiger partial charge in [0.25, 0.3) is 0 Å². The van der Waals surface area contributed by atoms with Crippen LogP contribution in [0.5, 0.6) is 0 Å². The van der Waals surface area contributed by atoms with Gasteiger partial charge in [-0.1, -0.05) is 0 Å². The summed E-state index contributed by atoms with van der Waals surface area (Å²) in [6.07, 6.45) is 0. The SMILES string of the molecule is OB(O)O.OB(O)O.OB(O)O.OB(O)O.OB(O)O.OB(O)O.OB(O)O.OB(O)O.OB(O)O.OB(O)O.OB(O)O.OB(O)O.S.[H-].[H-].[Na+].[Na+]. The normalized spacial score (nSPS) is 6.35. The van der Waals surface area contributed by atoms with Gasteiger partial charge in [-0.3, -0.25) is 0 Å². The molecule has 51 heteroatoms. The van der Waals surface area contributed by atoms with Crippen LogP contribution >= 0.6 is 13.5 Å². The zero-order valence-electron chi connectivity index (χ0n) is 27.5. The van der Waals surface area contributed by atoms with Crippen molar-refractivity contribution in [3.8, 4) is 0 Å². The molecular weight excluding hydrogens is 784 g/mol. The molecule has 0 unspecified atom stereocenters. The van der Waals surface area contributed by atoms with Gasteiger partial charge in [0.15, 0.2) is 0 Å². The molecule has 0 aliphatic rings. The molecule has 51 heavy (non-hydrogen) atoms. The first-order chi connectivity index (χ1) is 20.8. The Morgan fingerprint density at radius 1 is 0.137 bits per heavy atom. The van der Waals surface area contributed by atoms with E-state index in [0.717, 1.165) is 0 Å². The maximum Gasteiger partial charge on any atom is 1.00 e. The van der Waals surface area contributed by atoms with Crippen molar-refractivity contribution in [2.24, 2.45) is 0 Å². The van der Waals surface area contributed by atoms with Crippen molar-refractivity contribution >= 4 is 101 Å². The minimum absolute atomic E-state index is 0. The zero-order valence-corrected chi connectivity index (χ0v) is 30.5. The number of rotatable bonds is 0. The van der Waals surface area contributed by atoms with Gasteiger partial charge in [-0.25, -0.2) is 0 Å². The fourth-order valence-electron chi connectivity index (χ4n) is 0. The molecule has 0 radical (unpaired) electrons. The Kier molecular flexibility index (Phi) is 182. The first-order valence-corrected chi connectivity index (χ1v) is 9.30. The van der Waals surface area contributed by atoms with Crippen LogP contribution < -0.4 is 59.1 Å². The van der Waals surface area contributed by atoms with E-state index in [9.17, 15) is 0 Å².